The lowest BCUT2D eigenvalue weighted by Crippen LogP contribution is -2.25. The maximum atomic E-state index is 8.59. The maximum Gasteiger partial charge on any atom is 0.0431 e. The largest absolute Gasteiger partial charge is 0.396 e. The molecule has 0 atom stereocenters. The van der Waals surface area contributed by atoms with Crippen LogP contribution in [-0.4, -0.2) is 47.8 Å². The molecule has 2 nitrogen and oxygen atoms in total. The van der Waals surface area contributed by atoms with Crippen LogP contribution >= 0.6 is 11.8 Å². The Bertz CT molecular complexity index is 107. The first-order chi connectivity index (χ1) is 6.85. The van der Waals surface area contributed by atoms with Gasteiger partial charge in [-0.05, 0) is 31.7 Å². The van der Waals surface area contributed by atoms with E-state index in [-0.39, 0.29) is 0 Å². The number of nitrogens with zero attached hydrogens (tertiary/aromatic N) is 1. The minimum absolute atomic E-state index is 0.351. The minimum atomic E-state index is 0.351. The smallest absolute Gasteiger partial charge is 0.0431 e. The Hall–Kier alpha value is 0.270. The van der Waals surface area contributed by atoms with E-state index in [2.05, 4.69) is 18.7 Å². The van der Waals surface area contributed by atoms with E-state index in [1.54, 1.807) is 0 Å². The van der Waals surface area contributed by atoms with Crippen molar-refractivity contribution < 1.29 is 5.11 Å². The fourth-order valence-electron chi connectivity index (χ4n) is 1.33. The van der Waals surface area contributed by atoms with Gasteiger partial charge in [0.1, 0.15) is 0 Å². The molecule has 0 radical (unpaired) electrons. The molecule has 0 aliphatic heterocycles. The van der Waals surface area contributed by atoms with Gasteiger partial charge in [-0.3, -0.25) is 0 Å². The van der Waals surface area contributed by atoms with E-state index in [4.69, 9.17) is 5.11 Å². The topological polar surface area (TPSA) is 23.5 Å². The third kappa shape index (κ3) is 8.85. The zero-order valence-electron chi connectivity index (χ0n) is 9.67. The van der Waals surface area contributed by atoms with Crippen molar-refractivity contribution in [2.75, 3.05) is 37.7 Å². The van der Waals surface area contributed by atoms with Gasteiger partial charge in [-0.2, -0.15) is 11.8 Å². The van der Waals surface area contributed by atoms with Gasteiger partial charge in [0.25, 0.3) is 0 Å². The molecule has 0 unspecified atom stereocenters. The standard InChI is InChI=1S/C11H25NOS/c1-3-12(4-2)8-11-14-10-7-5-6-9-13/h13H,3-11H2,1-2H3. The Morgan fingerprint density at radius 2 is 1.71 bits per heavy atom. The second kappa shape index (κ2) is 11.3. The zero-order chi connectivity index (χ0) is 10.6. The van der Waals surface area contributed by atoms with E-state index in [9.17, 15) is 0 Å². The summed E-state index contributed by atoms with van der Waals surface area (Å²) in [5.74, 6) is 2.50. The second-order valence-electron chi connectivity index (χ2n) is 3.42. The molecular weight excluding hydrogens is 194 g/mol. The van der Waals surface area contributed by atoms with Crippen LogP contribution in [0.15, 0.2) is 0 Å². The highest BCUT2D eigenvalue weighted by molar-refractivity contribution is 7.99. The Morgan fingerprint density at radius 3 is 2.29 bits per heavy atom. The predicted molar refractivity (Wildman–Crippen MR) is 66.0 cm³/mol. The quantitative estimate of drug-likeness (QED) is 0.570. The number of unbranched alkanes of at least 4 members (excludes halogenated alkanes) is 2. The molecule has 0 aromatic heterocycles. The third-order valence-electron chi connectivity index (χ3n) is 2.39. The van der Waals surface area contributed by atoms with Crippen LogP contribution in [0, 0.1) is 0 Å². The average molecular weight is 219 g/mol. The highest BCUT2D eigenvalue weighted by atomic mass is 32.2. The zero-order valence-corrected chi connectivity index (χ0v) is 10.5. The molecule has 0 bridgehead atoms. The molecule has 0 aromatic carbocycles. The lowest BCUT2D eigenvalue weighted by molar-refractivity contribution is 0.284. The van der Waals surface area contributed by atoms with E-state index in [0.717, 1.165) is 6.42 Å². The molecule has 14 heavy (non-hydrogen) atoms. The van der Waals surface area contributed by atoms with Gasteiger partial charge < -0.3 is 10.0 Å². The Balaban J connectivity index is 3.04. The van der Waals surface area contributed by atoms with Gasteiger partial charge in [-0.25, -0.2) is 0 Å². The fourth-order valence-corrected chi connectivity index (χ4v) is 2.33. The number of aliphatic hydroxyl groups is 1. The van der Waals surface area contributed by atoms with Gasteiger partial charge in [-0.15, -0.1) is 0 Å². The summed E-state index contributed by atoms with van der Waals surface area (Å²) in [6, 6.07) is 0. The number of hydrogen-bond acceptors (Lipinski definition) is 3. The van der Waals surface area contributed by atoms with Gasteiger partial charge in [0.05, 0.1) is 0 Å². The first-order valence-electron chi connectivity index (χ1n) is 5.76. The van der Waals surface area contributed by atoms with Crippen molar-refractivity contribution in [2.24, 2.45) is 0 Å². The fraction of sp³-hybridized carbons (Fsp3) is 1.00. The van der Waals surface area contributed by atoms with Crippen LogP contribution < -0.4 is 0 Å². The highest BCUT2D eigenvalue weighted by Crippen LogP contribution is 2.06. The van der Waals surface area contributed by atoms with Gasteiger partial charge in [0.15, 0.2) is 0 Å². The van der Waals surface area contributed by atoms with Crippen LogP contribution in [0.3, 0.4) is 0 Å². The number of hydrogen-bond donors (Lipinski definition) is 1. The van der Waals surface area contributed by atoms with Crippen molar-refractivity contribution in [2.45, 2.75) is 33.1 Å². The normalized spacial score (nSPS) is 11.1. The molecule has 3 heteroatoms. The van der Waals surface area contributed by atoms with Crippen LogP contribution in [-0.2, 0) is 0 Å². The summed E-state index contributed by atoms with van der Waals surface area (Å²) < 4.78 is 0. The maximum absolute atomic E-state index is 8.59. The first-order valence-corrected chi connectivity index (χ1v) is 6.91. The molecule has 0 spiro atoms. The summed E-state index contributed by atoms with van der Waals surface area (Å²) in [7, 11) is 0. The average Bonchev–Trinajstić information content (AvgIpc) is 2.22. The lowest BCUT2D eigenvalue weighted by atomic mass is 10.3. The molecule has 0 aliphatic carbocycles. The Labute approximate surface area is 93.1 Å². The molecule has 0 saturated carbocycles. The van der Waals surface area contributed by atoms with Gasteiger partial charge in [0.2, 0.25) is 0 Å². The molecule has 0 fully saturated rings. The highest BCUT2D eigenvalue weighted by Gasteiger charge is 1.97. The van der Waals surface area contributed by atoms with Crippen molar-refractivity contribution >= 4 is 11.8 Å². The Kier molecular flexibility index (Phi) is 11.6. The molecule has 0 saturated heterocycles. The summed E-state index contributed by atoms with van der Waals surface area (Å²) in [4.78, 5) is 2.46. The first kappa shape index (κ1) is 14.3. The van der Waals surface area contributed by atoms with Crippen molar-refractivity contribution in [3.8, 4) is 0 Å². The van der Waals surface area contributed by atoms with E-state index < -0.39 is 0 Å². The summed E-state index contributed by atoms with van der Waals surface area (Å²) in [5, 5.41) is 8.59. The number of aliphatic hydroxyl groups excluding tert-OH is 1. The van der Waals surface area contributed by atoms with Crippen molar-refractivity contribution in [1.29, 1.82) is 0 Å². The SMILES string of the molecule is CCN(CC)CCSCCCCCO. The Morgan fingerprint density at radius 1 is 1.00 bits per heavy atom. The molecule has 86 valence electrons. The number of thioether (sulfide) groups is 1. The van der Waals surface area contributed by atoms with Crippen LogP contribution in [0.2, 0.25) is 0 Å². The van der Waals surface area contributed by atoms with E-state index in [0.29, 0.717) is 6.61 Å². The van der Waals surface area contributed by atoms with Gasteiger partial charge in [-0.1, -0.05) is 20.3 Å². The monoisotopic (exact) mass is 219 g/mol. The summed E-state index contributed by atoms with van der Waals surface area (Å²) in [6.07, 6.45) is 3.40. The van der Waals surface area contributed by atoms with Crippen LogP contribution in [0.25, 0.3) is 0 Å². The van der Waals surface area contributed by atoms with Crippen molar-refractivity contribution in [3.63, 3.8) is 0 Å². The molecule has 1 N–H and O–H groups in total. The number of rotatable bonds is 10. The molecule has 0 heterocycles. The van der Waals surface area contributed by atoms with Gasteiger partial charge in [0, 0.05) is 18.9 Å². The molecule has 0 rings (SSSR count). The second-order valence-corrected chi connectivity index (χ2v) is 4.65. The van der Waals surface area contributed by atoms with Gasteiger partial charge >= 0.3 is 0 Å². The molecule has 0 aliphatic rings. The molecular formula is C11H25NOS. The van der Waals surface area contributed by atoms with Crippen molar-refractivity contribution in [1.82, 2.24) is 4.90 Å². The minimum Gasteiger partial charge on any atom is -0.396 e. The van der Waals surface area contributed by atoms with Crippen LogP contribution in [0.5, 0.6) is 0 Å². The van der Waals surface area contributed by atoms with Crippen LogP contribution in [0.1, 0.15) is 33.1 Å². The van der Waals surface area contributed by atoms with Crippen LogP contribution in [0.4, 0.5) is 0 Å². The third-order valence-corrected chi connectivity index (χ3v) is 3.44. The molecule has 0 amide bonds. The predicted octanol–water partition coefficient (Wildman–Crippen LogP) is 2.22. The van der Waals surface area contributed by atoms with E-state index >= 15 is 0 Å². The summed E-state index contributed by atoms with van der Waals surface area (Å²) >= 11 is 2.04. The van der Waals surface area contributed by atoms with Crippen molar-refractivity contribution in [3.05, 3.63) is 0 Å². The van der Waals surface area contributed by atoms with E-state index in [1.165, 1.54) is 44.0 Å². The van der Waals surface area contributed by atoms with E-state index in [1.807, 2.05) is 11.8 Å². The summed E-state index contributed by atoms with van der Waals surface area (Å²) in [6.45, 7) is 8.34. The summed E-state index contributed by atoms with van der Waals surface area (Å²) in [5.41, 5.74) is 0. The lowest BCUT2D eigenvalue weighted by Gasteiger charge is -2.17. The molecule has 0 aromatic rings.